The molecule has 20 heavy (non-hydrogen) atoms. The fourth-order valence-electron chi connectivity index (χ4n) is 1.96. The van der Waals surface area contributed by atoms with E-state index in [9.17, 15) is 4.39 Å². The van der Waals surface area contributed by atoms with Crippen LogP contribution in [0.1, 0.15) is 25.5 Å². The summed E-state index contributed by atoms with van der Waals surface area (Å²) in [5, 5.41) is 3.60. The van der Waals surface area contributed by atoms with Crippen LogP contribution in [0.4, 0.5) is 4.39 Å². The second kappa shape index (κ2) is 6.73. The third kappa shape index (κ3) is 3.71. The molecule has 2 nitrogen and oxygen atoms in total. The minimum absolute atomic E-state index is 0.243. The molecule has 0 amide bonds. The highest BCUT2D eigenvalue weighted by Crippen LogP contribution is 2.30. The SMILES string of the molecule is CCNC(C)c1cccc(Oc2ccc(F)cc2Cl)c1. The van der Waals surface area contributed by atoms with Crippen molar-refractivity contribution in [1.82, 2.24) is 5.32 Å². The Balaban J connectivity index is 2.19. The largest absolute Gasteiger partial charge is 0.456 e. The van der Waals surface area contributed by atoms with Gasteiger partial charge in [0, 0.05) is 6.04 Å². The van der Waals surface area contributed by atoms with Crippen molar-refractivity contribution in [2.75, 3.05) is 6.54 Å². The van der Waals surface area contributed by atoms with Crippen LogP contribution < -0.4 is 10.1 Å². The Kier molecular flexibility index (Phi) is 4.99. The highest BCUT2D eigenvalue weighted by atomic mass is 35.5. The predicted octanol–water partition coefficient (Wildman–Crippen LogP) is 4.94. The number of rotatable bonds is 5. The molecule has 1 atom stereocenters. The van der Waals surface area contributed by atoms with Crippen LogP contribution in [0.3, 0.4) is 0 Å². The summed E-state index contributed by atoms with van der Waals surface area (Å²) in [6, 6.07) is 12.1. The van der Waals surface area contributed by atoms with Gasteiger partial charge in [0.15, 0.2) is 0 Å². The molecule has 0 radical (unpaired) electrons. The number of benzene rings is 2. The van der Waals surface area contributed by atoms with Crippen LogP contribution in [0.5, 0.6) is 11.5 Å². The Bertz CT molecular complexity index is 588. The van der Waals surface area contributed by atoms with Crippen molar-refractivity contribution < 1.29 is 9.13 Å². The maximum absolute atomic E-state index is 13.0. The Morgan fingerprint density at radius 2 is 2.05 bits per heavy atom. The molecule has 2 aromatic carbocycles. The van der Waals surface area contributed by atoms with Gasteiger partial charge < -0.3 is 10.1 Å². The van der Waals surface area contributed by atoms with Crippen molar-refractivity contribution in [2.45, 2.75) is 19.9 Å². The second-order valence-electron chi connectivity index (χ2n) is 4.53. The van der Waals surface area contributed by atoms with Crippen molar-refractivity contribution in [3.63, 3.8) is 0 Å². The molecule has 0 spiro atoms. The van der Waals surface area contributed by atoms with Crippen LogP contribution in [-0.2, 0) is 0 Å². The summed E-state index contributed by atoms with van der Waals surface area (Å²) in [5.74, 6) is 0.749. The van der Waals surface area contributed by atoms with E-state index in [2.05, 4.69) is 19.2 Å². The lowest BCUT2D eigenvalue weighted by molar-refractivity contribution is 0.478. The van der Waals surface area contributed by atoms with Crippen LogP contribution in [-0.4, -0.2) is 6.54 Å². The summed E-state index contributed by atoms with van der Waals surface area (Å²) >= 11 is 5.95. The maximum atomic E-state index is 13.0. The molecule has 4 heteroatoms. The molecule has 1 unspecified atom stereocenters. The van der Waals surface area contributed by atoms with Gasteiger partial charge in [-0.25, -0.2) is 4.39 Å². The first-order chi connectivity index (χ1) is 9.60. The predicted molar refractivity (Wildman–Crippen MR) is 80.0 cm³/mol. The average molecular weight is 294 g/mol. The van der Waals surface area contributed by atoms with Crippen molar-refractivity contribution in [1.29, 1.82) is 0 Å². The minimum Gasteiger partial charge on any atom is -0.456 e. The van der Waals surface area contributed by atoms with Gasteiger partial charge in [0.2, 0.25) is 0 Å². The summed E-state index contributed by atoms with van der Waals surface area (Å²) in [4.78, 5) is 0. The molecular weight excluding hydrogens is 277 g/mol. The van der Waals surface area contributed by atoms with Gasteiger partial charge in [-0.1, -0.05) is 30.7 Å². The van der Waals surface area contributed by atoms with E-state index in [0.29, 0.717) is 11.5 Å². The van der Waals surface area contributed by atoms with Crippen LogP contribution in [0, 0.1) is 5.82 Å². The molecule has 0 fully saturated rings. The van der Waals surface area contributed by atoms with E-state index < -0.39 is 0 Å². The average Bonchev–Trinajstić information content (AvgIpc) is 2.43. The van der Waals surface area contributed by atoms with Crippen molar-refractivity contribution >= 4 is 11.6 Å². The van der Waals surface area contributed by atoms with E-state index in [1.54, 1.807) is 0 Å². The Labute approximate surface area is 123 Å². The van der Waals surface area contributed by atoms with Gasteiger partial charge in [-0.2, -0.15) is 0 Å². The first kappa shape index (κ1) is 14.8. The van der Waals surface area contributed by atoms with E-state index in [1.165, 1.54) is 18.2 Å². The lowest BCUT2D eigenvalue weighted by atomic mass is 10.1. The van der Waals surface area contributed by atoms with Crippen LogP contribution in [0.2, 0.25) is 5.02 Å². The smallest absolute Gasteiger partial charge is 0.146 e. The van der Waals surface area contributed by atoms with Gasteiger partial charge in [-0.05, 0) is 49.4 Å². The summed E-state index contributed by atoms with van der Waals surface area (Å²) in [6.45, 7) is 5.05. The van der Waals surface area contributed by atoms with Gasteiger partial charge in [-0.15, -0.1) is 0 Å². The Morgan fingerprint density at radius 1 is 1.25 bits per heavy atom. The normalized spacial score (nSPS) is 12.2. The molecular formula is C16H17ClFNO. The Hall–Kier alpha value is -1.58. The molecule has 0 aliphatic heterocycles. The summed E-state index contributed by atoms with van der Waals surface area (Å²) < 4.78 is 18.7. The highest BCUT2D eigenvalue weighted by molar-refractivity contribution is 6.32. The molecule has 0 saturated carbocycles. The molecule has 0 aliphatic rings. The summed E-state index contributed by atoms with van der Waals surface area (Å²) in [5.41, 5.74) is 1.13. The summed E-state index contributed by atoms with van der Waals surface area (Å²) in [6.07, 6.45) is 0. The molecule has 2 rings (SSSR count). The van der Waals surface area contributed by atoms with Crippen LogP contribution in [0.25, 0.3) is 0 Å². The number of hydrogen-bond donors (Lipinski definition) is 1. The van der Waals surface area contributed by atoms with E-state index in [0.717, 1.165) is 12.1 Å². The number of hydrogen-bond acceptors (Lipinski definition) is 2. The molecule has 1 N–H and O–H groups in total. The van der Waals surface area contributed by atoms with Gasteiger partial charge in [0.25, 0.3) is 0 Å². The second-order valence-corrected chi connectivity index (χ2v) is 4.94. The maximum Gasteiger partial charge on any atom is 0.146 e. The van der Waals surface area contributed by atoms with Crippen molar-refractivity contribution in [2.24, 2.45) is 0 Å². The molecule has 0 bridgehead atoms. The first-order valence-corrected chi connectivity index (χ1v) is 6.94. The molecule has 2 aromatic rings. The van der Waals surface area contributed by atoms with Crippen LogP contribution >= 0.6 is 11.6 Å². The van der Waals surface area contributed by atoms with Gasteiger partial charge in [0.1, 0.15) is 17.3 Å². The quantitative estimate of drug-likeness (QED) is 0.843. The minimum atomic E-state index is -0.378. The van der Waals surface area contributed by atoms with Gasteiger partial charge >= 0.3 is 0 Å². The zero-order valence-corrected chi connectivity index (χ0v) is 12.2. The van der Waals surface area contributed by atoms with Gasteiger partial charge in [-0.3, -0.25) is 0 Å². The standard InChI is InChI=1S/C16H17ClFNO/c1-3-19-11(2)12-5-4-6-14(9-12)20-16-8-7-13(18)10-15(16)17/h4-11,19H,3H2,1-2H3. The molecule has 106 valence electrons. The summed E-state index contributed by atoms with van der Waals surface area (Å²) in [7, 11) is 0. The lowest BCUT2D eigenvalue weighted by Crippen LogP contribution is -2.17. The molecule has 0 aliphatic carbocycles. The third-order valence-electron chi connectivity index (χ3n) is 2.99. The fraction of sp³-hybridized carbons (Fsp3) is 0.250. The van der Waals surface area contributed by atoms with Crippen LogP contribution in [0.15, 0.2) is 42.5 Å². The topological polar surface area (TPSA) is 21.3 Å². The van der Waals surface area contributed by atoms with E-state index in [1.807, 2.05) is 24.3 Å². The van der Waals surface area contributed by atoms with Gasteiger partial charge in [0.05, 0.1) is 5.02 Å². The lowest BCUT2D eigenvalue weighted by Gasteiger charge is -2.14. The number of nitrogens with one attached hydrogen (secondary N) is 1. The zero-order chi connectivity index (χ0) is 14.5. The number of ether oxygens (including phenoxy) is 1. The molecule has 0 heterocycles. The van der Waals surface area contributed by atoms with E-state index in [-0.39, 0.29) is 16.9 Å². The molecule has 0 saturated heterocycles. The zero-order valence-electron chi connectivity index (χ0n) is 11.5. The van der Waals surface area contributed by atoms with Crippen molar-refractivity contribution in [3.8, 4) is 11.5 Å². The monoisotopic (exact) mass is 293 g/mol. The first-order valence-electron chi connectivity index (χ1n) is 6.56. The Morgan fingerprint density at radius 3 is 2.75 bits per heavy atom. The third-order valence-corrected chi connectivity index (χ3v) is 3.29. The van der Waals surface area contributed by atoms with Crippen molar-refractivity contribution in [3.05, 3.63) is 58.9 Å². The highest BCUT2D eigenvalue weighted by Gasteiger charge is 2.07. The van der Waals surface area contributed by atoms with E-state index in [4.69, 9.17) is 16.3 Å². The van der Waals surface area contributed by atoms with E-state index >= 15 is 0 Å². The number of halogens is 2. The molecule has 0 aromatic heterocycles. The fourth-order valence-corrected chi connectivity index (χ4v) is 2.16.